The lowest BCUT2D eigenvalue weighted by Crippen LogP contribution is -2.37. The second-order valence-corrected chi connectivity index (χ2v) is 12.2. The predicted octanol–water partition coefficient (Wildman–Crippen LogP) is 9.26. The van der Waals surface area contributed by atoms with Gasteiger partial charge in [0.25, 0.3) is 0 Å². The average Bonchev–Trinajstić information content (AvgIpc) is 3.12. The van der Waals surface area contributed by atoms with Crippen molar-refractivity contribution in [1.82, 2.24) is 10.6 Å². The molecule has 8 rings (SSSR count). The number of rotatable bonds is 7. The third kappa shape index (κ3) is 5.49. The minimum atomic E-state index is -0.0358. The van der Waals surface area contributed by atoms with E-state index in [4.69, 9.17) is 5.73 Å². The molecule has 1 heterocycles. The van der Waals surface area contributed by atoms with E-state index in [0.717, 1.165) is 16.9 Å². The lowest BCUT2D eigenvalue weighted by molar-refractivity contribution is 0.506. The molecule has 46 heavy (non-hydrogen) atoms. The molecule has 0 fully saturated rings. The topological polar surface area (TPSA) is 62.1 Å². The average molecular weight is 597 g/mol. The van der Waals surface area contributed by atoms with Crippen molar-refractivity contribution in [3.63, 3.8) is 0 Å². The van der Waals surface area contributed by atoms with Crippen molar-refractivity contribution in [2.75, 3.05) is 11.1 Å². The lowest BCUT2D eigenvalue weighted by atomic mass is 9.92. The number of hydrogen-bond donors (Lipinski definition) is 4. The highest BCUT2D eigenvalue weighted by Crippen LogP contribution is 2.37. The van der Waals surface area contributed by atoms with Crippen molar-refractivity contribution in [2.24, 2.45) is 0 Å². The molecule has 3 atom stereocenters. The zero-order chi connectivity index (χ0) is 30.9. The van der Waals surface area contributed by atoms with E-state index < -0.39 is 0 Å². The standard InChI is InChI=1S/C42H36N4/c43-38-15-7-5-13-36(38)40(34-23-21-29-9-1-3-11-32(29)25-34)44-27-28-17-19-31(20-18-28)42-45-39-16-8-6-14-37(39)41(46-42)35-24-22-30-10-2-4-12-33(30)26-35/h1-26,40-42,44-46H,27,43H2. The van der Waals surface area contributed by atoms with Crippen molar-refractivity contribution >= 4 is 32.9 Å². The van der Waals surface area contributed by atoms with E-state index in [1.807, 2.05) is 12.1 Å². The largest absolute Gasteiger partial charge is 0.398 e. The number of fused-ring (bicyclic) bond motifs is 3. The summed E-state index contributed by atoms with van der Waals surface area (Å²) in [6.07, 6.45) is -0.0251. The molecule has 7 aromatic rings. The van der Waals surface area contributed by atoms with E-state index in [2.05, 4.69) is 162 Å². The van der Waals surface area contributed by atoms with E-state index in [1.165, 1.54) is 49.4 Å². The Morgan fingerprint density at radius 1 is 0.587 bits per heavy atom. The van der Waals surface area contributed by atoms with E-state index in [-0.39, 0.29) is 18.2 Å². The number of nitrogens with two attached hydrogens (primary N) is 1. The van der Waals surface area contributed by atoms with Crippen LogP contribution in [0, 0.1) is 0 Å². The molecular weight excluding hydrogens is 560 g/mol. The van der Waals surface area contributed by atoms with Crippen molar-refractivity contribution in [2.45, 2.75) is 24.8 Å². The summed E-state index contributed by atoms with van der Waals surface area (Å²) in [6, 6.07) is 56.2. The Morgan fingerprint density at radius 3 is 2.00 bits per heavy atom. The van der Waals surface area contributed by atoms with Crippen LogP contribution in [0.3, 0.4) is 0 Å². The molecule has 4 heteroatoms. The van der Waals surface area contributed by atoms with Gasteiger partial charge in [0.05, 0.1) is 12.1 Å². The highest BCUT2D eigenvalue weighted by Gasteiger charge is 2.28. The molecule has 0 bridgehead atoms. The molecule has 0 aliphatic carbocycles. The maximum Gasteiger partial charge on any atom is 0.104 e. The summed E-state index contributed by atoms with van der Waals surface area (Å²) in [4.78, 5) is 0. The third-order valence-corrected chi connectivity index (χ3v) is 9.25. The summed E-state index contributed by atoms with van der Waals surface area (Å²) in [5.41, 5.74) is 15.7. The first kappa shape index (κ1) is 28.1. The molecule has 224 valence electrons. The Kier molecular flexibility index (Phi) is 7.43. The Morgan fingerprint density at radius 2 is 1.22 bits per heavy atom. The van der Waals surface area contributed by atoms with Gasteiger partial charge >= 0.3 is 0 Å². The molecule has 3 unspecified atom stereocenters. The molecule has 0 saturated carbocycles. The molecule has 1 aliphatic rings. The van der Waals surface area contributed by atoms with Crippen LogP contribution in [0.15, 0.2) is 158 Å². The lowest BCUT2D eigenvalue weighted by Gasteiger charge is -2.35. The number of anilines is 2. The molecule has 4 nitrogen and oxygen atoms in total. The van der Waals surface area contributed by atoms with Crippen LogP contribution >= 0.6 is 0 Å². The Bertz CT molecular complexity index is 2150. The van der Waals surface area contributed by atoms with E-state index >= 15 is 0 Å². The van der Waals surface area contributed by atoms with Gasteiger partial charge in [-0.3, -0.25) is 5.32 Å². The van der Waals surface area contributed by atoms with Crippen molar-refractivity contribution in [3.8, 4) is 0 Å². The molecule has 0 amide bonds. The molecule has 5 N–H and O–H groups in total. The molecule has 0 spiro atoms. The highest BCUT2D eigenvalue weighted by molar-refractivity contribution is 5.84. The fraction of sp³-hybridized carbons (Fsp3) is 0.0952. The smallest absolute Gasteiger partial charge is 0.104 e. The second-order valence-electron chi connectivity index (χ2n) is 12.2. The van der Waals surface area contributed by atoms with Crippen molar-refractivity contribution in [1.29, 1.82) is 0 Å². The number of benzene rings is 7. The third-order valence-electron chi connectivity index (χ3n) is 9.25. The fourth-order valence-corrected chi connectivity index (χ4v) is 6.79. The molecule has 7 aromatic carbocycles. The fourth-order valence-electron chi connectivity index (χ4n) is 6.79. The normalized spacial score (nSPS) is 16.5. The van der Waals surface area contributed by atoms with Crippen LogP contribution in [-0.2, 0) is 6.54 Å². The van der Waals surface area contributed by atoms with Crippen LogP contribution in [0.2, 0.25) is 0 Å². The quantitative estimate of drug-likeness (QED) is 0.139. The predicted molar refractivity (Wildman–Crippen MR) is 192 cm³/mol. The minimum Gasteiger partial charge on any atom is -0.398 e. The van der Waals surface area contributed by atoms with E-state index in [1.54, 1.807) is 0 Å². The van der Waals surface area contributed by atoms with Crippen LogP contribution in [0.5, 0.6) is 0 Å². The maximum absolute atomic E-state index is 6.50. The van der Waals surface area contributed by atoms with Crippen LogP contribution in [0.1, 0.15) is 51.6 Å². The van der Waals surface area contributed by atoms with Gasteiger partial charge < -0.3 is 16.4 Å². The summed E-state index contributed by atoms with van der Waals surface area (Å²) < 4.78 is 0. The second kappa shape index (κ2) is 12.2. The SMILES string of the molecule is Nc1ccccc1C(NCc1ccc(C2Nc3ccccc3C(c3ccc4ccccc4c3)N2)cc1)c1ccc2ccccc2c1. The van der Waals surface area contributed by atoms with Gasteiger partial charge in [-0.25, -0.2) is 0 Å². The van der Waals surface area contributed by atoms with Gasteiger partial charge in [-0.05, 0) is 79.2 Å². The van der Waals surface area contributed by atoms with Gasteiger partial charge in [-0.2, -0.15) is 0 Å². The number of nitrogen functional groups attached to an aromatic ring is 1. The summed E-state index contributed by atoms with van der Waals surface area (Å²) in [5, 5.41) is 16.4. The number of hydrogen-bond acceptors (Lipinski definition) is 4. The van der Waals surface area contributed by atoms with Gasteiger partial charge in [0, 0.05) is 17.9 Å². The van der Waals surface area contributed by atoms with Crippen molar-refractivity contribution in [3.05, 3.63) is 191 Å². The number of nitrogens with one attached hydrogen (secondary N) is 3. The molecule has 0 radical (unpaired) electrons. The summed E-state index contributed by atoms with van der Waals surface area (Å²) in [5.74, 6) is 0. The highest BCUT2D eigenvalue weighted by atomic mass is 15.2. The van der Waals surface area contributed by atoms with Crippen LogP contribution in [-0.4, -0.2) is 0 Å². The van der Waals surface area contributed by atoms with E-state index in [9.17, 15) is 0 Å². The van der Waals surface area contributed by atoms with Gasteiger partial charge in [0.15, 0.2) is 0 Å². The molecule has 0 aromatic heterocycles. The number of para-hydroxylation sites is 2. The molecular formula is C42H36N4. The molecule has 0 saturated heterocycles. The first-order valence-corrected chi connectivity index (χ1v) is 16.0. The zero-order valence-corrected chi connectivity index (χ0v) is 25.5. The maximum atomic E-state index is 6.50. The van der Waals surface area contributed by atoms with Crippen LogP contribution in [0.4, 0.5) is 11.4 Å². The van der Waals surface area contributed by atoms with Gasteiger partial charge in [-0.1, -0.05) is 133 Å². The van der Waals surface area contributed by atoms with Gasteiger partial charge in [0.2, 0.25) is 0 Å². The van der Waals surface area contributed by atoms with Crippen LogP contribution < -0.4 is 21.7 Å². The first-order chi connectivity index (χ1) is 22.7. The van der Waals surface area contributed by atoms with E-state index in [0.29, 0.717) is 6.54 Å². The Balaban J connectivity index is 1.04. The first-order valence-electron chi connectivity index (χ1n) is 16.0. The van der Waals surface area contributed by atoms with Crippen LogP contribution in [0.25, 0.3) is 21.5 Å². The molecule has 1 aliphatic heterocycles. The summed E-state index contributed by atoms with van der Waals surface area (Å²) in [7, 11) is 0. The summed E-state index contributed by atoms with van der Waals surface area (Å²) in [6.45, 7) is 0.709. The Hall–Kier alpha value is -5.42. The summed E-state index contributed by atoms with van der Waals surface area (Å²) >= 11 is 0. The van der Waals surface area contributed by atoms with Crippen molar-refractivity contribution < 1.29 is 0 Å². The zero-order valence-electron chi connectivity index (χ0n) is 25.5. The Labute approximate surface area is 269 Å². The monoisotopic (exact) mass is 596 g/mol. The van der Waals surface area contributed by atoms with Gasteiger partial charge in [0.1, 0.15) is 6.17 Å². The van der Waals surface area contributed by atoms with Gasteiger partial charge in [-0.15, -0.1) is 0 Å². The minimum absolute atomic E-state index is 0.0251.